The highest BCUT2D eigenvalue weighted by Gasteiger charge is 2.42. The van der Waals surface area contributed by atoms with Crippen molar-refractivity contribution in [1.82, 2.24) is 10.2 Å². The summed E-state index contributed by atoms with van der Waals surface area (Å²) in [7, 11) is 0. The molecule has 2 aliphatic rings. The average molecular weight is 356 g/mol. The second-order valence-electron chi connectivity index (χ2n) is 7.42. The summed E-state index contributed by atoms with van der Waals surface area (Å²) in [4.78, 5) is 14.9. The number of nitrogens with one attached hydrogen (secondary N) is 1. The third-order valence-corrected chi connectivity index (χ3v) is 5.79. The fourth-order valence-corrected chi connectivity index (χ4v) is 4.14. The average Bonchev–Trinajstić information content (AvgIpc) is 2.77. The minimum Gasteiger partial charge on any atom is -0.352 e. The highest BCUT2D eigenvalue weighted by atomic mass is 19.1. The zero-order chi connectivity index (χ0) is 18.1. The van der Waals surface area contributed by atoms with Gasteiger partial charge >= 0.3 is 0 Å². The number of hydrogen-bond acceptors (Lipinski definition) is 2. The number of carbonyl (C=O) groups is 1. The minimum absolute atomic E-state index is 0.126. The van der Waals surface area contributed by atoms with Crippen molar-refractivity contribution >= 4 is 5.91 Å². The molecule has 0 aliphatic carbocycles. The van der Waals surface area contributed by atoms with Gasteiger partial charge in [0.2, 0.25) is 5.91 Å². The standard InChI is InChI=1S/C21H22F2N2O/c22-18-6-5-17(19(23)11-18)14-25-9-7-21(8-10-25)12-15-3-1-2-4-16(15)13-24-20(21)26/h1-6,11H,7-10,12-14H2,(H,24,26). The Kier molecular flexibility index (Phi) is 4.49. The van der Waals surface area contributed by atoms with Gasteiger partial charge in [-0.2, -0.15) is 0 Å². The van der Waals surface area contributed by atoms with E-state index >= 15 is 0 Å². The summed E-state index contributed by atoms with van der Waals surface area (Å²) in [6.07, 6.45) is 2.25. The molecule has 1 spiro atoms. The maximum absolute atomic E-state index is 13.9. The summed E-state index contributed by atoms with van der Waals surface area (Å²) in [6.45, 7) is 2.49. The monoisotopic (exact) mass is 356 g/mol. The third kappa shape index (κ3) is 3.23. The van der Waals surface area contributed by atoms with Crippen LogP contribution in [0.3, 0.4) is 0 Å². The smallest absolute Gasteiger partial charge is 0.226 e. The van der Waals surface area contributed by atoms with E-state index in [1.165, 1.54) is 23.3 Å². The Labute approximate surface area is 152 Å². The van der Waals surface area contributed by atoms with E-state index in [-0.39, 0.29) is 11.3 Å². The highest BCUT2D eigenvalue weighted by Crippen LogP contribution is 2.38. The Hall–Kier alpha value is -2.27. The summed E-state index contributed by atoms with van der Waals surface area (Å²) in [6, 6.07) is 11.9. The molecule has 0 unspecified atom stereocenters. The molecule has 1 fully saturated rings. The van der Waals surface area contributed by atoms with Gasteiger partial charge in [-0.3, -0.25) is 9.69 Å². The van der Waals surface area contributed by atoms with Crippen LogP contribution in [-0.2, 0) is 24.3 Å². The Morgan fingerprint density at radius 2 is 1.77 bits per heavy atom. The quantitative estimate of drug-likeness (QED) is 0.894. The van der Waals surface area contributed by atoms with E-state index in [1.54, 1.807) is 0 Å². The van der Waals surface area contributed by atoms with Crippen LogP contribution in [0.4, 0.5) is 8.78 Å². The first-order valence-electron chi connectivity index (χ1n) is 9.07. The van der Waals surface area contributed by atoms with Crippen molar-refractivity contribution in [2.75, 3.05) is 13.1 Å². The minimum atomic E-state index is -0.558. The lowest BCUT2D eigenvalue weighted by molar-refractivity contribution is -0.133. The fourth-order valence-electron chi connectivity index (χ4n) is 4.14. The van der Waals surface area contributed by atoms with E-state index < -0.39 is 11.6 Å². The second-order valence-corrected chi connectivity index (χ2v) is 7.42. The topological polar surface area (TPSA) is 32.3 Å². The predicted octanol–water partition coefficient (Wildman–Crippen LogP) is 3.42. The van der Waals surface area contributed by atoms with E-state index in [4.69, 9.17) is 0 Å². The van der Waals surface area contributed by atoms with Crippen LogP contribution >= 0.6 is 0 Å². The van der Waals surface area contributed by atoms with Crippen molar-refractivity contribution in [2.45, 2.75) is 32.4 Å². The normalized spacial score (nSPS) is 19.7. The van der Waals surface area contributed by atoms with Gasteiger partial charge in [0.05, 0.1) is 5.41 Å². The first-order chi connectivity index (χ1) is 12.6. The largest absolute Gasteiger partial charge is 0.352 e. The molecule has 0 bridgehead atoms. The van der Waals surface area contributed by atoms with Crippen LogP contribution in [0.1, 0.15) is 29.5 Å². The number of benzene rings is 2. The van der Waals surface area contributed by atoms with Gasteiger partial charge in [0.25, 0.3) is 0 Å². The van der Waals surface area contributed by atoms with Crippen molar-refractivity contribution in [2.24, 2.45) is 5.41 Å². The molecule has 5 heteroatoms. The van der Waals surface area contributed by atoms with Crippen molar-refractivity contribution < 1.29 is 13.6 Å². The molecular weight excluding hydrogens is 334 g/mol. The van der Waals surface area contributed by atoms with E-state index in [2.05, 4.69) is 22.3 Å². The third-order valence-electron chi connectivity index (χ3n) is 5.79. The van der Waals surface area contributed by atoms with Crippen LogP contribution in [0, 0.1) is 17.0 Å². The molecule has 2 aromatic carbocycles. The fraction of sp³-hybridized carbons (Fsp3) is 0.381. The van der Waals surface area contributed by atoms with E-state index in [0.717, 1.165) is 38.4 Å². The molecule has 2 heterocycles. The van der Waals surface area contributed by atoms with Crippen molar-refractivity contribution in [1.29, 1.82) is 0 Å². The molecule has 0 radical (unpaired) electrons. The molecule has 3 nitrogen and oxygen atoms in total. The summed E-state index contributed by atoms with van der Waals surface area (Å²) in [5.41, 5.74) is 2.54. The summed E-state index contributed by atoms with van der Waals surface area (Å²) >= 11 is 0. The Morgan fingerprint density at radius 1 is 1.04 bits per heavy atom. The van der Waals surface area contributed by atoms with Gasteiger partial charge in [0, 0.05) is 24.7 Å². The predicted molar refractivity (Wildman–Crippen MR) is 95.3 cm³/mol. The molecule has 2 aromatic rings. The number of hydrogen-bond donors (Lipinski definition) is 1. The van der Waals surface area contributed by atoms with E-state index in [0.29, 0.717) is 18.7 Å². The van der Waals surface area contributed by atoms with Crippen LogP contribution in [-0.4, -0.2) is 23.9 Å². The van der Waals surface area contributed by atoms with Gasteiger partial charge in [-0.1, -0.05) is 30.3 Å². The van der Waals surface area contributed by atoms with Gasteiger partial charge in [0.1, 0.15) is 11.6 Å². The van der Waals surface area contributed by atoms with Crippen molar-refractivity contribution in [3.05, 3.63) is 70.8 Å². The lowest BCUT2D eigenvalue weighted by Crippen LogP contribution is -2.48. The number of amides is 1. The van der Waals surface area contributed by atoms with Crippen molar-refractivity contribution in [3.63, 3.8) is 0 Å². The number of rotatable bonds is 2. The second kappa shape index (κ2) is 6.80. The van der Waals surface area contributed by atoms with Crippen LogP contribution in [0.5, 0.6) is 0 Å². The van der Waals surface area contributed by atoms with E-state index in [9.17, 15) is 13.6 Å². The Balaban J connectivity index is 1.47. The van der Waals surface area contributed by atoms with Gasteiger partial charge in [-0.15, -0.1) is 0 Å². The molecule has 0 atom stereocenters. The van der Waals surface area contributed by atoms with Crippen LogP contribution < -0.4 is 5.32 Å². The molecule has 0 aromatic heterocycles. The van der Waals surface area contributed by atoms with Crippen LogP contribution in [0.2, 0.25) is 0 Å². The van der Waals surface area contributed by atoms with Gasteiger partial charge in [-0.25, -0.2) is 8.78 Å². The zero-order valence-electron chi connectivity index (χ0n) is 14.6. The molecule has 26 heavy (non-hydrogen) atoms. The maximum Gasteiger partial charge on any atom is 0.226 e. The molecule has 4 rings (SSSR count). The molecule has 1 N–H and O–H groups in total. The van der Waals surface area contributed by atoms with E-state index in [1.807, 2.05) is 12.1 Å². The molecule has 2 aliphatic heterocycles. The molecular formula is C21H22F2N2O. The zero-order valence-corrected chi connectivity index (χ0v) is 14.6. The highest BCUT2D eigenvalue weighted by molar-refractivity contribution is 5.83. The SMILES string of the molecule is O=C1NCc2ccccc2CC12CCN(Cc1ccc(F)cc1F)CC2. The summed E-state index contributed by atoms with van der Waals surface area (Å²) in [5, 5.41) is 3.08. The van der Waals surface area contributed by atoms with Gasteiger partial charge in [-0.05, 0) is 49.5 Å². The first-order valence-corrected chi connectivity index (χ1v) is 9.07. The molecule has 1 amide bonds. The Bertz CT molecular complexity index is 829. The molecule has 136 valence electrons. The van der Waals surface area contributed by atoms with Gasteiger partial charge in [0.15, 0.2) is 0 Å². The number of carbonyl (C=O) groups excluding carboxylic acids is 1. The number of likely N-dealkylation sites (tertiary alicyclic amines) is 1. The summed E-state index contributed by atoms with van der Waals surface area (Å²) < 4.78 is 27.0. The number of nitrogens with zero attached hydrogens (tertiary/aromatic N) is 1. The molecule has 0 saturated carbocycles. The van der Waals surface area contributed by atoms with Crippen LogP contribution in [0.15, 0.2) is 42.5 Å². The Morgan fingerprint density at radius 3 is 2.50 bits per heavy atom. The van der Waals surface area contributed by atoms with Crippen LogP contribution in [0.25, 0.3) is 0 Å². The lowest BCUT2D eigenvalue weighted by atomic mass is 9.73. The van der Waals surface area contributed by atoms with Gasteiger partial charge < -0.3 is 5.32 Å². The lowest BCUT2D eigenvalue weighted by Gasteiger charge is -2.40. The first kappa shape index (κ1) is 17.2. The maximum atomic E-state index is 13.9. The summed E-state index contributed by atoms with van der Waals surface area (Å²) in [5.74, 6) is -0.939. The number of halogens is 2. The van der Waals surface area contributed by atoms with Crippen molar-refractivity contribution in [3.8, 4) is 0 Å². The number of fused-ring (bicyclic) bond motifs is 1. The molecule has 1 saturated heterocycles. The number of piperidine rings is 1.